The van der Waals surface area contributed by atoms with Crippen LogP contribution in [-0.2, 0) is 11.2 Å². The Kier molecular flexibility index (Phi) is 7.27. The van der Waals surface area contributed by atoms with E-state index < -0.39 is 4.92 Å². The van der Waals surface area contributed by atoms with Crippen molar-refractivity contribution in [2.24, 2.45) is 0 Å². The second-order valence-electron chi connectivity index (χ2n) is 7.72. The zero-order valence-corrected chi connectivity index (χ0v) is 19.6. The number of nitrogens with one attached hydrogen (secondary N) is 2. The standard InChI is InChI=1S/C24H22N6O4S/c1-16(31)25-12-2-3-17-4-6-18(7-5-17)22-15-35-24(27-22)28-23(32)19-13-26-29(14-19)20-8-10-21(11-9-20)30(33)34/h4-11,13-15H,2-3,12H2,1H3,(H,25,31)(H,27,28,32). The maximum absolute atomic E-state index is 12.6. The first-order chi connectivity index (χ1) is 16.9. The zero-order valence-electron chi connectivity index (χ0n) is 18.8. The van der Waals surface area contributed by atoms with Gasteiger partial charge in [-0.1, -0.05) is 24.3 Å². The highest BCUT2D eigenvalue weighted by molar-refractivity contribution is 7.14. The summed E-state index contributed by atoms with van der Waals surface area (Å²) in [5.74, 6) is -0.376. The molecular weight excluding hydrogens is 468 g/mol. The molecule has 178 valence electrons. The number of benzene rings is 2. The van der Waals surface area contributed by atoms with E-state index in [2.05, 4.69) is 20.7 Å². The molecule has 4 rings (SSSR count). The van der Waals surface area contributed by atoms with Crippen molar-refractivity contribution in [3.8, 4) is 16.9 Å². The minimum atomic E-state index is -0.473. The third-order valence-corrected chi connectivity index (χ3v) is 5.92. The summed E-state index contributed by atoms with van der Waals surface area (Å²) in [5.41, 5.74) is 3.80. The zero-order chi connectivity index (χ0) is 24.8. The molecule has 0 bridgehead atoms. The molecule has 2 aromatic carbocycles. The Morgan fingerprint density at radius 2 is 1.86 bits per heavy atom. The highest BCUT2D eigenvalue weighted by atomic mass is 32.1. The molecule has 0 aliphatic heterocycles. The SMILES string of the molecule is CC(=O)NCCCc1ccc(-c2csc(NC(=O)c3cnn(-c4ccc([N+](=O)[O-])cc4)c3)n2)cc1. The first-order valence-corrected chi connectivity index (χ1v) is 11.7. The van der Waals surface area contributed by atoms with Crippen molar-refractivity contribution in [2.75, 3.05) is 11.9 Å². The normalized spacial score (nSPS) is 10.7. The van der Waals surface area contributed by atoms with Gasteiger partial charge in [0.2, 0.25) is 5.91 Å². The summed E-state index contributed by atoms with van der Waals surface area (Å²) >= 11 is 1.32. The number of nitro benzene ring substituents is 1. The lowest BCUT2D eigenvalue weighted by molar-refractivity contribution is -0.384. The number of nitro groups is 1. The van der Waals surface area contributed by atoms with E-state index in [9.17, 15) is 19.7 Å². The summed E-state index contributed by atoms with van der Waals surface area (Å²) in [6.07, 6.45) is 4.71. The minimum absolute atomic E-state index is 0.0185. The molecule has 0 atom stereocenters. The largest absolute Gasteiger partial charge is 0.356 e. The molecule has 0 aliphatic rings. The summed E-state index contributed by atoms with van der Waals surface area (Å²) in [7, 11) is 0. The molecule has 11 heteroatoms. The van der Waals surface area contributed by atoms with E-state index in [4.69, 9.17) is 0 Å². The molecule has 2 aromatic heterocycles. The Labute approximate surface area is 204 Å². The highest BCUT2D eigenvalue weighted by Gasteiger charge is 2.13. The number of hydrogen-bond acceptors (Lipinski definition) is 7. The molecule has 0 fully saturated rings. The van der Waals surface area contributed by atoms with Crippen molar-refractivity contribution < 1.29 is 14.5 Å². The highest BCUT2D eigenvalue weighted by Crippen LogP contribution is 2.26. The molecule has 2 amide bonds. The van der Waals surface area contributed by atoms with E-state index in [0.29, 0.717) is 22.9 Å². The quantitative estimate of drug-likeness (QED) is 0.205. The Bertz CT molecular complexity index is 1350. The fourth-order valence-corrected chi connectivity index (χ4v) is 4.06. The molecule has 0 unspecified atom stereocenters. The van der Waals surface area contributed by atoms with Crippen LogP contribution in [0.3, 0.4) is 0 Å². The molecule has 2 N–H and O–H groups in total. The van der Waals surface area contributed by atoms with Crippen LogP contribution in [0.4, 0.5) is 10.8 Å². The molecule has 0 radical (unpaired) electrons. The van der Waals surface area contributed by atoms with E-state index in [1.54, 1.807) is 18.3 Å². The van der Waals surface area contributed by atoms with Crippen LogP contribution in [0.25, 0.3) is 16.9 Å². The predicted octanol–water partition coefficient (Wildman–Crippen LogP) is 4.23. The number of aromatic nitrogens is 3. The lowest BCUT2D eigenvalue weighted by atomic mass is 10.1. The van der Waals surface area contributed by atoms with Gasteiger partial charge in [-0.3, -0.25) is 25.0 Å². The van der Waals surface area contributed by atoms with Crippen molar-refractivity contribution in [1.82, 2.24) is 20.1 Å². The molecule has 10 nitrogen and oxygen atoms in total. The average molecular weight is 491 g/mol. The second-order valence-corrected chi connectivity index (χ2v) is 8.58. The number of anilines is 1. The summed E-state index contributed by atoms with van der Waals surface area (Å²) in [6, 6.07) is 13.9. The van der Waals surface area contributed by atoms with Crippen LogP contribution in [-0.4, -0.2) is 38.0 Å². The van der Waals surface area contributed by atoms with Gasteiger partial charge in [0.15, 0.2) is 5.13 Å². The van der Waals surface area contributed by atoms with Gasteiger partial charge in [0, 0.05) is 42.7 Å². The van der Waals surface area contributed by atoms with Gasteiger partial charge in [-0.2, -0.15) is 5.10 Å². The van der Waals surface area contributed by atoms with Crippen molar-refractivity contribution in [1.29, 1.82) is 0 Å². The van der Waals surface area contributed by atoms with Gasteiger partial charge in [0.25, 0.3) is 11.6 Å². The smallest absolute Gasteiger partial charge is 0.269 e. The van der Waals surface area contributed by atoms with Gasteiger partial charge in [-0.25, -0.2) is 9.67 Å². The van der Waals surface area contributed by atoms with Crippen LogP contribution >= 0.6 is 11.3 Å². The molecule has 35 heavy (non-hydrogen) atoms. The number of nitrogens with zero attached hydrogens (tertiary/aromatic N) is 4. The first kappa shape index (κ1) is 23.8. The molecular formula is C24H22N6O4S. The van der Waals surface area contributed by atoms with E-state index in [1.807, 2.05) is 29.6 Å². The van der Waals surface area contributed by atoms with Crippen molar-refractivity contribution in [3.05, 3.63) is 87.5 Å². The maximum atomic E-state index is 12.6. The number of aryl methyl sites for hydroxylation is 1. The van der Waals surface area contributed by atoms with Gasteiger partial charge in [-0.15, -0.1) is 11.3 Å². The third-order valence-electron chi connectivity index (χ3n) is 5.16. The Balaban J connectivity index is 1.35. The molecule has 0 spiro atoms. The van der Waals surface area contributed by atoms with Crippen LogP contribution in [0.5, 0.6) is 0 Å². The number of thiazole rings is 1. The Morgan fingerprint density at radius 3 is 2.54 bits per heavy atom. The van der Waals surface area contributed by atoms with Gasteiger partial charge >= 0.3 is 0 Å². The lowest BCUT2D eigenvalue weighted by Gasteiger charge is -2.04. The van der Waals surface area contributed by atoms with Crippen molar-refractivity contribution >= 4 is 34.0 Å². The fraction of sp³-hybridized carbons (Fsp3) is 0.167. The number of carbonyl (C=O) groups excluding carboxylic acids is 2. The second kappa shape index (κ2) is 10.7. The summed E-state index contributed by atoms with van der Waals surface area (Å²) in [5, 5.41) is 22.9. The van der Waals surface area contributed by atoms with E-state index in [0.717, 1.165) is 24.1 Å². The van der Waals surface area contributed by atoms with Gasteiger partial charge < -0.3 is 5.32 Å². The monoisotopic (exact) mass is 490 g/mol. The lowest BCUT2D eigenvalue weighted by Crippen LogP contribution is -2.21. The molecule has 4 aromatic rings. The van der Waals surface area contributed by atoms with Crippen LogP contribution < -0.4 is 10.6 Å². The van der Waals surface area contributed by atoms with E-state index in [-0.39, 0.29) is 17.5 Å². The van der Waals surface area contributed by atoms with Crippen LogP contribution in [0.15, 0.2) is 66.3 Å². The minimum Gasteiger partial charge on any atom is -0.356 e. The maximum Gasteiger partial charge on any atom is 0.269 e. The van der Waals surface area contributed by atoms with Gasteiger partial charge in [0.1, 0.15) is 0 Å². The van der Waals surface area contributed by atoms with Crippen LogP contribution in [0.2, 0.25) is 0 Å². The fourth-order valence-electron chi connectivity index (χ4n) is 3.34. The summed E-state index contributed by atoms with van der Waals surface area (Å²) in [6.45, 7) is 2.16. The van der Waals surface area contributed by atoms with Crippen molar-refractivity contribution in [3.63, 3.8) is 0 Å². The van der Waals surface area contributed by atoms with Crippen molar-refractivity contribution in [2.45, 2.75) is 19.8 Å². The topological polar surface area (TPSA) is 132 Å². The molecule has 0 aliphatic carbocycles. The summed E-state index contributed by atoms with van der Waals surface area (Å²) < 4.78 is 1.48. The number of hydrogen-bond donors (Lipinski definition) is 2. The van der Waals surface area contributed by atoms with Gasteiger partial charge in [0.05, 0.1) is 28.1 Å². The number of carbonyl (C=O) groups is 2. The van der Waals surface area contributed by atoms with E-state index >= 15 is 0 Å². The first-order valence-electron chi connectivity index (χ1n) is 10.8. The van der Waals surface area contributed by atoms with Crippen LogP contribution in [0, 0.1) is 10.1 Å². The number of non-ortho nitro benzene ring substituents is 1. The Morgan fingerprint density at radius 1 is 1.11 bits per heavy atom. The number of rotatable bonds is 9. The average Bonchev–Trinajstić information content (AvgIpc) is 3.52. The molecule has 0 saturated heterocycles. The summed E-state index contributed by atoms with van der Waals surface area (Å²) in [4.78, 5) is 38.4. The van der Waals surface area contributed by atoms with Gasteiger partial charge in [-0.05, 0) is 30.5 Å². The van der Waals surface area contributed by atoms with E-state index in [1.165, 1.54) is 46.8 Å². The predicted molar refractivity (Wildman–Crippen MR) is 133 cm³/mol. The molecule has 0 saturated carbocycles. The third kappa shape index (κ3) is 6.15. The van der Waals surface area contributed by atoms with Crippen LogP contribution in [0.1, 0.15) is 29.3 Å². The molecule has 2 heterocycles. The Hall–Kier alpha value is -4.38. The number of amides is 2.